The molecule has 1 amide bonds. The van der Waals surface area contributed by atoms with E-state index in [4.69, 9.17) is 5.73 Å². The van der Waals surface area contributed by atoms with Crippen LogP contribution in [0, 0.1) is 5.82 Å². The minimum Gasteiger partial charge on any atom is -0.381 e. The molecule has 1 aliphatic rings. The van der Waals surface area contributed by atoms with Crippen LogP contribution in [-0.2, 0) is 6.54 Å². The van der Waals surface area contributed by atoms with E-state index in [1.807, 2.05) is 6.07 Å². The van der Waals surface area contributed by atoms with Crippen molar-refractivity contribution in [3.05, 3.63) is 53.6 Å². The van der Waals surface area contributed by atoms with E-state index in [9.17, 15) is 9.18 Å². The molecule has 0 radical (unpaired) electrons. The smallest absolute Gasteiger partial charge is 0.267 e. The summed E-state index contributed by atoms with van der Waals surface area (Å²) in [5, 5.41) is 3.15. The molecule has 1 aliphatic heterocycles. The molecule has 2 heterocycles. The van der Waals surface area contributed by atoms with Gasteiger partial charge in [0.2, 0.25) is 0 Å². The van der Waals surface area contributed by atoms with Crippen LogP contribution in [0.3, 0.4) is 0 Å². The molecule has 6 heteroatoms. The van der Waals surface area contributed by atoms with Crippen molar-refractivity contribution in [1.82, 2.24) is 4.98 Å². The van der Waals surface area contributed by atoms with Gasteiger partial charge in [0.1, 0.15) is 11.5 Å². The molecule has 1 aromatic carbocycles. The van der Waals surface area contributed by atoms with Crippen LogP contribution in [0.1, 0.15) is 28.9 Å². The standard InChI is InChI=1S/C17H19FN4O/c18-14-4-3-5-16(22-8-1-2-9-22)13(14)11-21-12-6-7-20-15(10-12)17(19)23/h3-7,10H,1-2,8-9,11H2,(H2,19,23)(H,20,21). The number of nitrogens with one attached hydrogen (secondary N) is 1. The molecule has 1 fully saturated rings. The van der Waals surface area contributed by atoms with Gasteiger partial charge < -0.3 is 16.0 Å². The molecule has 3 N–H and O–H groups in total. The maximum absolute atomic E-state index is 14.3. The Morgan fingerprint density at radius 1 is 1.30 bits per heavy atom. The van der Waals surface area contributed by atoms with Crippen LogP contribution in [-0.4, -0.2) is 24.0 Å². The number of primary amides is 1. The number of nitrogens with zero attached hydrogens (tertiary/aromatic N) is 2. The number of hydrogen-bond acceptors (Lipinski definition) is 4. The van der Waals surface area contributed by atoms with Gasteiger partial charge in [-0.05, 0) is 37.1 Å². The van der Waals surface area contributed by atoms with E-state index in [1.54, 1.807) is 18.2 Å². The highest BCUT2D eigenvalue weighted by Gasteiger charge is 2.18. The zero-order valence-electron chi connectivity index (χ0n) is 12.8. The predicted molar refractivity (Wildman–Crippen MR) is 87.9 cm³/mol. The molecular weight excluding hydrogens is 295 g/mol. The zero-order chi connectivity index (χ0) is 16.2. The fourth-order valence-corrected chi connectivity index (χ4v) is 2.84. The molecule has 3 rings (SSSR count). The van der Waals surface area contributed by atoms with E-state index in [1.165, 1.54) is 12.3 Å². The molecule has 0 atom stereocenters. The molecule has 0 unspecified atom stereocenters. The lowest BCUT2D eigenvalue weighted by Crippen LogP contribution is -2.20. The Morgan fingerprint density at radius 3 is 2.83 bits per heavy atom. The molecular formula is C17H19FN4O. The minimum absolute atomic E-state index is 0.184. The number of carbonyl (C=O) groups excluding carboxylic acids is 1. The lowest BCUT2D eigenvalue weighted by atomic mass is 10.1. The first-order chi connectivity index (χ1) is 11.1. The molecule has 0 bridgehead atoms. The Morgan fingerprint density at radius 2 is 2.09 bits per heavy atom. The largest absolute Gasteiger partial charge is 0.381 e. The number of nitrogens with two attached hydrogens (primary N) is 1. The highest BCUT2D eigenvalue weighted by Crippen LogP contribution is 2.27. The van der Waals surface area contributed by atoms with Crippen molar-refractivity contribution in [2.24, 2.45) is 5.73 Å². The van der Waals surface area contributed by atoms with Crippen LogP contribution in [0.2, 0.25) is 0 Å². The van der Waals surface area contributed by atoms with Gasteiger partial charge in [-0.1, -0.05) is 6.07 Å². The number of anilines is 2. The van der Waals surface area contributed by atoms with Gasteiger partial charge in [-0.25, -0.2) is 4.39 Å². The third-order valence-electron chi connectivity index (χ3n) is 4.02. The van der Waals surface area contributed by atoms with Gasteiger partial charge in [-0.3, -0.25) is 9.78 Å². The number of amides is 1. The Balaban J connectivity index is 1.80. The Bertz CT molecular complexity index is 713. The fraction of sp³-hybridized carbons (Fsp3) is 0.294. The normalized spacial score (nSPS) is 14.0. The number of benzene rings is 1. The lowest BCUT2D eigenvalue weighted by Gasteiger charge is -2.22. The summed E-state index contributed by atoms with van der Waals surface area (Å²) < 4.78 is 14.3. The van der Waals surface area contributed by atoms with E-state index in [0.29, 0.717) is 17.8 Å². The van der Waals surface area contributed by atoms with Gasteiger partial charge in [0.05, 0.1) is 0 Å². The van der Waals surface area contributed by atoms with Crippen molar-refractivity contribution < 1.29 is 9.18 Å². The van der Waals surface area contributed by atoms with Crippen LogP contribution in [0.5, 0.6) is 0 Å². The van der Waals surface area contributed by atoms with Gasteiger partial charge in [-0.2, -0.15) is 0 Å². The number of halogens is 1. The molecule has 0 aliphatic carbocycles. The fourth-order valence-electron chi connectivity index (χ4n) is 2.84. The second-order valence-electron chi connectivity index (χ2n) is 5.58. The SMILES string of the molecule is NC(=O)c1cc(NCc2c(F)cccc2N2CCCC2)ccn1. The van der Waals surface area contributed by atoms with Crippen LogP contribution >= 0.6 is 0 Å². The maximum atomic E-state index is 14.3. The van der Waals surface area contributed by atoms with Crippen LogP contribution in [0.25, 0.3) is 0 Å². The van der Waals surface area contributed by atoms with E-state index < -0.39 is 5.91 Å². The Hall–Kier alpha value is -2.63. The van der Waals surface area contributed by atoms with Gasteiger partial charge in [0, 0.05) is 42.8 Å². The molecule has 1 aromatic heterocycles. The molecule has 0 spiro atoms. The maximum Gasteiger partial charge on any atom is 0.267 e. The summed E-state index contributed by atoms with van der Waals surface area (Å²) in [6.45, 7) is 2.25. The van der Waals surface area contributed by atoms with Crippen LogP contribution in [0.4, 0.5) is 15.8 Å². The topological polar surface area (TPSA) is 71.2 Å². The summed E-state index contributed by atoms with van der Waals surface area (Å²) in [6, 6.07) is 8.45. The Labute approximate surface area is 134 Å². The third kappa shape index (κ3) is 3.41. The van der Waals surface area contributed by atoms with E-state index >= 15 is 0 Å². The van der Waals surface area contributed by atoms with E-state index in [0.717, 1.165) is 31.6 Å². The highest BCUT2D eigenvalue weighted by atomic mass is 19.1. The summed E-state index contributed by atoms with van der Waals surface area (Å²) >= 11 is 0. The average molecular weight is 314 g/mol. The van der Waals surface area contributed by atoms with Crippen molar-refractivity contribution in [3.8, 4) is 0 Å². The van der Waals surface area contributed by atoms with Crippen molar-refractivity contribution in [2.75, 3.05) is 23.3 Å². The molecule has 2 aromatic rings. The summed E-state index contributed by atoms with van der Waals surface area (Å²) in [7, 11) is 0. The van der Waals surface area contributed by atoms with Crippen molar-refractivity contribution >= 4 is 17.3 Å². The Kier molecular flexibility index (Phi) is 4.41. The summed E-state index contributed by atoms with van der Waals surface area (Å²) in [6.07, 6.45) is 3.77. The number of hydrogen-bond donors (Lipinski definition) is 2. The first kappa shape index (κ1) is 15.3. The van der Waals surface area contributed by atoms with Crippen LogP contribution < -0.4 is 16.0 Å². The molecule has 23 heavy (non-hydrogen) atoms. The molecule has 120 valence electrons. The van der Waals surface area contributed by atoms with E-state index in [-0.39, 0.29) is 11.5 Å². The zero-order valence-corrected chi connectivity index (χ0v) is 12.8. The molecule has 5 nitrogen and oxygen atoms in total. The number of carbonyl (C=O) groups is 1. The second kappa shape index (κ2) is 6.64. The van der Waals surface area contributed by atoms with E-state index in [2.05, 4.69) is 15.2 Å². The van der Waals surface area contributed by atoms with Crippen molar-refractivity contribution in [2.45, 2.75) is 19.4 Å². The summed E-state index contributed by atoms with van der Waals surface area (Å²) in [5.41, 5.74) is 7.65. The van der Waals surface area contributed by atoms with Crippen molar-refractivity contribution in [1.29, 1.82) is 0 Å². The third-order valence-corrected chi connectivity index (χ3v) is 4.02. The average Bonchev–Trinajstić information content (AvgIpc) is 3.08. The van der Waals surface area contributed by atoms with Gasteiger partial charge in [-0.15, -0.1) is 0 Å². The summed E-state index contributed by atoms with van der Waals surface area (Å²) in [5.74, 6) is -0.816. The molecule has 0 saturated carbocycles. The number of rotatable bonds is 5. The predicted octanol–water partition coefficient (Wildman–Crippen LogP) is 2.53. The number of pyridine rings is 1. The quantitative estimate of drug-likeness (QED) is 0.889. The lowest BCUT2D eigenvalue weighted by molar-refractivity contribution is 0.0995. The van der Waals surface area contributed by atoms with Gasteiger partial charge in [0.25, 0.3) is 5.91 Å². The van der Waals surface area contributed by atoms with Gasteiger partial charge in [0.15, 0.2) is 0 Å². The summed E-state index contributed by atoms with van der Waals surface area (Å²) in [4.78, 5) is 17.3. The highest BCUT2D eigenvalue weighted by molar-refractivity contribution is 5.91. The second-order valence-corrected chi connectivity index (χ2v) is 5.58. The monoisotopic (exact) mass is 314 g/mol. The first-order valence-electron chi connectivity index (χ1n) is 7.67. The van der Waals surface area contributed by atoms with Crippen LogP contribution in [0.15, 0.2) is 36.5 Å². The number of aromatic nitrogens is 1. The molecule has 1 saturated heterocycles. The van der Waals surface area contributed by atoms with Crippen molar-refractivity contribution in [3.63, 3.8) is 0 Å². The first-order valence-corrected chi connectivity index (χ1v) is 7.67. The van der Waals surface area contributed by atoms with Gasteiger partial charge >= 0.3 is 0 Å². The minimum atomic E-state index is -0.586.